The van der Waals surface area contributed by atoms with Gasteiger partial charge in [0.1, 0.15) is 6.54 Å². The van der Waals surface area contributed by atoms with Crippen molar-refractivity contribution in [1.82, 2.24) is 4.57 Å². The zero-order valence-corrected chi connectivity index (χ0v) is 14.9. The summed E-state index contributed by atoms with van der Waals surface area (Å²) in [5.41, 5.74) is 2.55. The van der Waals surface area contributed by atoms with Gasteiger partial charge in [-0.25, -0.2) is 0 Å². The highest BCUT2D eigenvalue weighted by molar-refractivity contribution is 6.31. The van der Waals surface area contributed by atoms with Crippen LogP contribution in [-0.2, 0) is 11.3 Å². The molecule has 0 fully saturated rings. The molecule has 3 rings (SSSR count). The Morgan fingerprint density at radius 1 is 1.12 bits per heavy atom. The number of rotatable bonds is 4. The second kappa shape index (κ2) is 7.11. The lowest BCUT2D eigenvalue weighted by Gasteiger charge is -2.12. The molecule has 4 nitrogen and oxygen atoms in total. The van der Waals surface area contributed by atoms with Crippen LogP contribution in [0.15, 0.2) is 59.5 Å². The SMILES string of the molecule is CC(C)c1ccc(NC(=O)Cn2ccc(=O)c3cc(Cl)ccc32)cc1. The zero-order chi connectivity index (χ0) is 18.0. The van der Waals surface area contributed by atoms with Crippen molar-refractivity contribution in [2.24, 2.45) is 0 Å². The number of carbonyl (C=O) groups excluding carboxylic acids is 1. The van der Waals surface area contributed by atoms with E-state index in [-0.39, 0.29) is 17.9 Å². The van der Waals surface area contributed by atoms with Gasteiger partial charge in [-0.1, -0.05) is 37.6 Å². The Bertz CT molecular complexity index is 975. The normalized spacial score (nSPS) is 11.0. The first-order valence-electron chi connectivity index (χ1n) is 8.12. The number of nitrogens with one attached hydrogen (secondary N) is 1. The molecule has 0 aliphatic rings. The molecule has 0 saturated heterocycles. The molecule has 0 bridgehead atoms. The molecular weight excluding hydrogens is 336 g/mol. The van der Waals surface area contributed by atoms with Gasteiger partial charge in [0, 0.05) is 28.4 Å². The van der Waals surface area contributed by atoms with E-state index in [9.17, 15) is 9.59 Å². The van der Waals surface area contributed by atoms with E-state index in [2.05, 4.69) is 19.2 Å². The van der Waals surface area contributed by atoms with Gasteiger partial charge in [0.05, 0.1) is 5.52 Å². The molecule has 0 spiro atoms. The summed E-state index contributed by atoms with van der Waals surface area (Å²) < 4.78 is 1.74. The van der Waals surface area contributed by atoms with Gasteiger partial charge in [-0.15, -0.1) is 0 Å². The Labute approximate surface area is 151 Å². The highest BCUT2D eigenvalue weighted by Gasteiger charge is 2.08. The summed E-state index contributed by atoms with van der Waals surface area (Å²) in [6.45, 7) is 4.37. The monoisotopic (exact) mass is 354 g/mol. The Balaban J connectivity index is 1.80. The maximum Gasteiger partial charge on any atom is 0.244 e. The van der Waals surface area contributed by atoms with Gasteiger partial charge in [-0.2, -0.15) is 0 Å². The predicted octanol–water partition coefficient (Wildman–Crippen LogP) is 4.42. The quantitative estimate of drug-likeness (QED) is 0.754. The molecule has 0 atom stereocenters. The third-order valence-corrected chi connectivity index (χ3v) is 4.35. The maximum absolute atomic E-state index is 12.4. The van der Waals surface area contributed by atoms with Crippen molar-refractivity contribution in [2.75, 3.05) is 5.32 Å². The van der Waals surface area contributed by atoms with E-state index in [0.717, 1.165) is 5.69 Å². The fourth-order valence-electron chi connectivity index (χ4n) is 2.73. The Morgan fingerprint density at radius 3 is 2.52 bits per heavy atom. The number of aromatic nitrogens is 1. The van der Waals surface area contributed by atoms with E-state index in [1.807, 2.05) is 24.3 Å². The molecule has 0 aliphatic heterocycles. The maximum atomic E-state index is 12.4. The third kappa shape index (κ3) is 3.91. The largest absolute Gasteiger partial charge is 0.338 e. The van der Waals surface area contributed by atoms with Crippen LogP contribution in [0.25, 0.3) is 10.9 Å². The van der Waals surface area contributed by atoms with Crippen LogP contribution in [0, 0.1) is 0 Å². The minimum Gasteiger partial charge on any atom is -0.338 e. The fraction of sp³-hybridized carbons (Fsp3) is 0.200. The number of pyridine rings is 1. The van der Waals surface area contributed by atoms with Crippen molar-refractivity contribution >= 4 is 34.1 Å². The summed E-state index contributed by atoms with van der Waals surface area (Å²) in [5.74, 6) is 0.293. The molecule has 0 aliphatic carbocycles. The molecule has 2 aromatic carbocycles. The Kier molecular flexibility index (Phi) is 4.91. The minimum atomic E-state index is -0.155. The lowest BCUT2D eigenvalue weighted by Crippen LogP contribution is -2.20. The number of fused-ring (bicyclic) bond motifs is 1. The van der Waals surface area contributed by atoms with Crippen LogP contribution in [0.1, 0.15) is 25.3 Å². The molecule has 1 heterocycles. The second-order valence-electron chi connectivity index (χ2n) is 6.29. The van der Waals surface area contributed by atoms with Crippen LogP contribution >= 0.6 is 11.6 Å². The van der Waals surface area contributed by atoms with Crippen LogP contribution in [0.5, 0.6) is 0 Å². The number of nitrogens with zero attached hydrogens (tertiary/aromatic N) is 1. The van der Waals surface area contributed by atoms with Crippen molar-refractivity contribution < 1.29 is 4.79 Å². The molecular formula is C20H19ClN2O2. The smallest absolute Gasteiger partial charge is 0.244 e. The van der Waals surface area contributed by atoms with Gasteiger partial charge in [0.15, 0.2) is 5.43 Å². The van der Waals surface area contributed by atoms with E-state index < -0.39 is 0 Å². The first-order valence-corrected chi connectivity index (χ1v) is 8.50. The summed E-state index contributed by atoms with van der Waals surface area (Å²) in [6.07, 6.45) is 1.63. The molecule has 3 aromatic rings. The van der Waals surface area contributed by atoms with Crippen molar-refractivity contribution in [3.63, 3.8) is 0 Å². The second-order valence-corrected chi connectivity index (χ2v) is 6.73. The zero-order valence-electron chi connectivity index (χ0n) is 14.1. The average Bonchev–Trinajstić information content (AvgIpc) is 2.58. The summed E-state index contributed by atoms with van der Waals surface area (Å²) in [7, 11) is 0. The number of anilines is 1. The average molecular weight is 355 g/mol. The van der Waals surface area contributed by atoms with Gasteiger partial charge in [0.2, 0.25) is 5.91 Å². The van der Waals surface area contributed by atoms with Crippen LogP contribution in [0.3, 0.4) is 0 Å². The van der Waals surface area contributed by atoms with Crippen LogP contribution in [0.2, 0.25) is 5.02 Å². The molecule has 0 unspecified atom stereocenters. The molecule has 128 valence electrons. The van der Waals surface area contributed by atoms with Crippen molar-refractivity contribution in [1.29, 1.82) is 0 Å². The lowest BCUT2D eigenvalue weighted by atomic mass is 10.0. The first kappa shape index (κ1) is 17.2. The van der Waals surface area contributed by atoms with E-state index in [1.54, 1.807) is 29.0 Å². The Hall–Kier alpha value is -2.59. The highest BCUT2D eigenvalue weighted by atomic mass is 35.5. The van der Waals surface area contributed by atoms with E-state index >= 15 is 0 Å². The van der Waals surface area contributed by atoms with Crippen LogP contribution < -0.4 is 10.7 Å². The molecule has 0 saturated carbocycles. The number of amides is 1. The first-order chi connectivity index (χ1) is 11.9. The minimum absolute atomic E-state index is 0.113. The summed E-state index contributed by atoms with van der Waals surface area (Å²) in [6, 6.07) is 14.4. The molecule has 1 amide bonds. The molecule has 25 heavy (non-hydrogen) atoms. The van der Waals surface area contributed by atoms with E-state index in [1.165, 1.54) is 11.6 Å². The van der Waals surface area contributed by atoms with Gasteiger partial charge < -0.3 is 9.88 Å². The van der Waals surface area contributed by atoms with Gasteiger partial charge in [-0.3, -0.25) is 9.59 Å². The standard InChI is InChI=1S/C20H19ClN2O2/c1-13(2)14-3-6-16(7-4-14)22-20(25)12-23-10-9-19(24)17-11-15(21)5-8-18(17)23/h3-11,13H,12H2,1-2H3,(H,22,25). The third-order valence-electron chi connectivity index (χ3n) is 4.11. The number of benzene rings is 2. The molecule has 0 radical (unpaired) electrons. The van der Waals surface area contributed by atoms with E-state index in [0.29, 0.717) is 21.8 Å². The fourth-order valence-corrected chi connectivity index (χ4v) is 2.90. The number of hydrogen-bond acceptors (Lipinski definition) is 2. The number of carbonyl (C=O) groups is 1. The molecule has 5 heteroatoms. The van der Waals surface area contributed by atoms with Crippen LogP contribution in [-0.4, -0.2) is 10.5 Å². The lowest BCUT2D eigenvalue weighted by molar-refractivity contribution is -0.116. The topological polar surface area (TPSA) is 51.1 Å². The summed E-state index contributed by atoms with van der Waals surface area (Å²) in [4.78, 5) is 24.3. The molecule has 1 aromatic heterocycles. The Morgan fingerprint density at radius 2 is 1.84 bits per heavy atom. The summed E-state index contributed by atoms with van der Waals surface area (Å²) >= 11 is 5.96. The van der Waals surface area contributed by atoms with Crippen molar-refractivity contribution in [3.8, 4) is 0 Å². The van der Waals surface area contributed by atoms with Gasteiger partial charge in [-0.05, 0) is 41.8 Å². The van der Waals surface area contributed by atoms with Crippen molar-refractivity contribution in [2.45, 2.75) is 26.3 Å². The predicted molar refractivity (Wildman–Crippen MR) is 102 cm³/mol. The van der Waals surface area contributed by atoms with Crippen molar-refractivity contribution in [3.05, 3.63) is 75.5 Å². The van der Waals surface area contributed by atoms with Crippen LogP contribution in [0.4, 0.5) is 5.69 Å². The van der Waals surface area contributed by atoms with Gasteiger partial charge >= 0.3 is 0 Å². The van der Waals surface area contributed by atoms with E-state index in [4.69, 9.17) is 11.6 Å². The summed E-state index contributed by atoms with van der Waals surface area (Å²) in [5, 5.41) is 3.88. The molecule has 1 N–H and O–H groups in total. The number of hydrogen-bond donors (Lipinski definition) is 1. The van der Waals surface area contributed by atoms with Gasteiger partial charge in [0.25, 0.3) is 0 Å². The highest BCUT2D eigenvalue weighted by Crippen LogP contribution is 2.18. The number of halogens is 1.